The van der Waals surface area contributed by atoms with Crippen LogP contribution in [0.15, 0.2) is 30.9 Å². The van der Waals surface area contributed by atoms with E-state index in [9.17, 15) is 5.11 Å². The van der Waals surface area contributed by atoms with Gasteiger partial charge in [-0.25, -0.2) is 4.98 Å². The van der Waals surface area contributed by atoms with E-state index in [2.05, 4.69) is 10.1 Å². The van der Waals surface area contributed by atoms with E-state index in [1.165, 1.54) is 6.33 Å². The summed E-state index contributed by atoms with van der Waals surface area (Å²) in [4.78, 5) is 3.79. The molecule has 0 aliphatic carbocycles. The Labute approximate surface area is 102 Å². The van der Waals surface area contributed by atoms with Gasteiger partial charge in [-0.3, -0.25) is 4.68 Å². The largest absolute Gasteiger partial charge is 0.386 e. The lowest BCUT2D eigenvalue weighted by Gasteiger charge is -2.11. The summed E-state index contributed by atoms with van der Waals surface area (Å²) in [5.41, 5.74) is 0.699. The number of aromatic nitrogens is 3. The van der Waals surface area contributed by atoms with Crippen LogP contribution in [0, 0.1) is 0 Å². The Morgan fingerprint density at radius 2 is 2.12 bits per heavy atom. The number of aliphatic hydroxyl groups is 1. The number of rotatable bonds is 3. The number of aliphatic hydroxyl groups excluding tert-OH is 1. The number of nitrogens with zero attached hydrogens (tertiary/aromatic N) is 3. The third-order valence-corrected chi connectivity index (χ3v) is 2.89. The Morgan fingerprint density at radius 1 is 1.31 bits per heavy atom. The normalized spacial score (nSPS) is 12.7. The highest BCUT2D eigenvalue weighted by atomic mass is 35.5. The summed E-state index contributed by atoms with van der Waals surface area (Å²) < 4.78 is 1.55. The summed E-state index contributed by atoms with van der Waals surface area (Å²) >= 11 is 11.6. The van der Waals surface area contributed by atoms with E-state index in [1.54, 1.807) is 29.2 Å². The highest BCUT2D eigenvalue weighted by Gasteiger charge is 2.10. The predicted octanol–water partition coefficient (Wildman–Crippen LogP) is 2.32. The Morgan fingerprint density at radius 3 is 2.75 bits per heavy atom. The van der Waals surface area contributed by atoms with Gasteiger partial charge in [-0.1, -0.05) is 29.3 Å². The van der Waals surface area contributed by atoms with E-state index < -0.39 is 6.10 Å². The second-order valence-corrected chi connectivity index (χ2v) is 4.12. The lowest BCUT2D eigenvalue weighted by molar-refractivity contribution is 0.151. The fourth-order valence-corrected chi connectivity index (χ4v) is 1.64. The van der Waals surface area contributed by atoms with Crippen molar-refractivity contribution in [2.75, 3.05) is 0 Å². The maximum Gasteiger partial charge on any atom is 0.137 e. The first-order valence-electron chi connectivity index (χ1n) is 4.62. The Kier molecular flexibility index (Phi) is 3.43. The van der Waals surface area contributed by atoms with Crippen LogP contribution in [-0.4, -0.2) is 19.9 Å². The summed E-state index contributed by atoms with van der Waals surface area (Å²) in [6, 6.07) is 5.03. The summed E-state index contributed by atoms with van der Waals surface area (Å²) in [6.07, 6.45) is 2.28. The maximum absolute atomic E-state index is 9.92. The monoisotopic (exact) mass is 257 g/mol. The second kappa shape index (κ2) is 4.82. The molecule has 0 spiro atoms. The van der Waals surface area contributed by atoms with Crippen molar-refractivity contribution in [3.8, 4) is 0 Å². The summed E-state index contributed by atoms with van der Waals surface area (Å²) in [5.74, 6) is 0. The molecule has 0 fully saturated rings. The molecule has 1 aromatic heterocycles. The zero-order valence-corrected chi connectivity index (χ0v) is 9.73. The van der Waals surface area contributed by atoms with E-state index in [1.807, 2.05) is 0 Å². The lowest BCUT2D eigenvalue weighted by Crippen LogP contribution is -2.09. The Bertz CT molecular complexity index is 473. The quantitative estimate of drug-likeness (QED) is 0.919. The maximum atomic E-state index is 9.92. The fourth-order valence-electron chi connectivity index (χ4n) is 1.33. The SMILES string of the molecule is OC(Cn1cncn1)c1ccc(Cl)c(Cl)c1. The Balaban J connectivity index is 2.14. The number of halogens is 2. The molecule has 0 aliphatic rings. The third kappa shape index (κ3) is 2.52. The van der Waals surface area contributed by atoms with Gasteiger partial charge in [0.05, 0.1) is 22.7 Å². The minimum absolute atomic E-state index is 0.331. The first-order chi connectivity index (χ1) is 7.66. The van der Waals surface area contributed by atoms with Gasteiger partial charge in [0.1, 0.15) is 12.7 Å². The van der Waals surface area contributed by atoms with Gasteiger partial charge in [-0.2, -0.15) is 5.10 Å². The average molecular weight is 258 g/mol. The minimum Gasteiger partial charge on any atom is -0.386 e. The minimum atomic E-state index is -0.684. The predicted molar refractivity (Wildman–Crippen MR) is 61.4 cm³/mol. The van der Waals surface area contributed by atoms with Crippen molar-refractivity contribution in [1.29, 1.82) is 0 Å². The van der Waals surface area contributed by atoms with Crippen molar-refractivity contribution in [2.24, 2.45) is 0 Å². The van der Waals surface area contributed by atoms with E-state index in [4.69, 9.17) is 23.2 Å². The molecule has 1 unspecified atom stereocenters. The number of benzene rings is 1. The molecular formula is C10H9Cl2N3O. The standard InChI is InChI=1S/C10H9Cl2N3O/c11-8-2-1-7(3-9(8)12)10(16)4-15-6-13-5-14-15/h1-3,5-6,10,16H,4H2. The first-order valence-corrected chi connectivity index (χ1v) is 5.38. The molecule has 16 heavy (non-hydrogen) atoms. The summed E-state index contributed by atoms with van der Waals surface area (Å²) in [6.45, 7) is 0.331. The van der Waals surface area contributed by atoms with E-state index in [0.717, 1.165) is 0 Å². The van der Waals surface area contributed by atoms with Gasteiger partial charge >= 0.3 is 0 Å². The molecule has 1 N–H and O–H groups in total. The molecule has 84 valence electrons. The van der Waals surface area contributed by atoms with Crippen LogP contribution in [0.4, 0.5) is 0 Å². The van der Waals surface area contributed by atoms with Crippen molar-refractivity contribution in [3.05, 3.63) is 46.5 Å². The zero-order chi connectivity index (χ0) is 11.5. The second-order valence-electron chi connectivity index (χ2n) is 3.31. The van der Waals surface area contributed by atoms with Gasteiger partial charge in [-0.15, -0.1) is 0 Å². The Hall–Kier alpha value is -1.10. The van der Waals surface area contributed by atoms with Crippen molar-refractivity contribution in [1.82, 2.24) is 14.8 Å². The number of hydrogen-bond acceptors (Lipinski definition) is 3. The van der Waals surface area contributed by atoms with Gasteiger partial charge < -0.3 is 5.11 Å². The fraction of sp³-hybridized carbons (Fsp3) is 0.200. The molecule has 1 atom stereocenters. The highest BCUT2D eigenvalue weighted by Crippen LogP contribution is 2.26. The molecule has 0 amide bonds. The van der Waals surface area contributed by atoms with Gasteiger partial charge in [0.25, 0.3) is 0 Å². The van der Waals surface area contributed by atoms with Crippen LogP contribution in [0.3, 0.4) is 0 Å². The van der Waals surface area contributed by atoms with Crippen LogP contribution in [0.2, 0.25) is 10.0 Å². The summed E-state index contributed by atoms with van der Waals surface area (Å²) in [7, 11) is 0. The number of hydrogen-bond donors (Lipinski definition) is 1. The molecule has 0 radical (unpaired) electrons. The third-order valence-electron chi connectivity index (χ3n) is 2.16. The van der Waals surface area contributed by atoms with Crippen LogP contribution in [0.1, 0.15) is 11.7 Å². The molecule has 0 aliphatic heterocycles. The lowest BCUT2D eigenvalue weighted by atomic mass is 10.1. The van der Waals surface area contributed by atoms with Crippen molar-refractivity contribution in [3.63, 3.8) is 0 Å². The molecular weight excluding hydrogens is 249 g/mol. The smallest absolute Gasteiger partial charge is 0.137 e. The molecule has 6 heteroatoms. The van der Waals surface area contributed by atoms with Crippen LogP contribution in [-0.2, 0) is 6.54 Å². The van der Waals surface area contributed by atoms with Crippen molar-refractivity contribution >= 4 is 23.2 Å². The van der Waals surface area contributed by atoms with Gasteiger partial charge in [0.2, 0.25) is 0 Å². The van der Waals surface area contributed by atoms with Crippen molar-refractivity contribution in [2.45, 2.75) is 12.6 Å². The van der Waals surface area contributed by atoms with Gasteiger partial charge in [0, 0.05) is 0 Å². The van der Waals surface area contributed by atoms with Crippen LogP contribution >= 0.6 is 23.2 Å². The molecule has 1 heterocycles. The average Bonchev–Trinajstić information content (AvgIpc) is 2.74. The molecule has 1 aromatic carbocycles. The highest BCUT2D eigenvalue weighted by molar-refractivity contribution is 6.42. The zero-order valence-electron chi connectivity index (χ0n) is 8.22. The first kappa shape index (κ1) is 11.4. The molecule has 0 bridgehead atoms. The molecule has 2 rings (SSSR count). The van der Waals surface area contributed by atoms with Gasteiger partial charge in [-0.05, 0) is 17.7 Å². The van der Waals surface area contributed by atoms with E-state index in [0.29, 0.717) is 22.2 Å². The van der Waals surface area contributed by atoms with Gasteiger partial charge in [0.15, 0.2) is 0 Å². The molecule has 4 nitrogen and oxygen atoms in total. The summed E-state index contributed by atoms with van der Waals surface area (Å²) in [5, 5.41) is 14.7. The van der Waals surface area contributed by atoms with Crippen LogP contribution in [0.5, 0.6) is 0 Å². The van der Waals surface area contributed by atoms with E-state index >= 15 is 0 Å². The van der Waals surface area contributed by atoms with Crippen molar-refractivity contribution < 1.29 is 5.11 Å². The van der Waals surface area contributed by atoms with Crippen LogP contribution in [0.25, 0.3) is 0 Å². The molecule has 2 aromatic rings. The van der Waals surface area contributed by atoms with E-state index in [-0.39, 0.29) is 0 Å². The van der Waals surface area contributed by atoms with Crippen LogP contribution < -0.4 is 0 Å². The topological polar surface area (TPSA) is 50.9 Å². The molecule has 0 saturated carbocycles. The molecule has 0 saturated heterocycles.